The lowest BCUT2D eigenvalue weighted by Crippen LogP contribution is -2.10. The van der Waals surface area contributed by atoms with Gasteiger partial charge in [0.05, 0.1) is 15.6 Å². The predicted molar refractivity (Wildman–Crippen MR) is 56.9 cm³/mol. The van der Waals surface area contributed by atoms with Crippen LogP contribution in [-0.4, -0.2) is 11.0 Å². The minimum absolute atomic E-state index is 0.0394. The average Bonchev–Trinajstić information content (AvgIpc) is 2.07. The number of nitrogens with zero attached hydrogens (tertiary/aromatic N) is 1. The van der Waals surface area contributed by atoms with Crippen molar-refractivity contribution in [2.24, 2.45) is 0 Å². The molecule has 1 rings (SSSR count). The van der Waals surface area contributed by atoms with Crippen LogP contribution in [0.2, 0.25) is 5.02 Å². The molecule has 0 heterocycles. The Labute approximate surface area is 87.0 Å². The van der Waals surface area contributed by atoms with Gasteiger partial charge >= 0.3 is 0 Å². The highest BCUT2D eigenvalue weighted by Crippen LogP contribution is 2.26. The van der Waals surface area contributed by atoms with E-state index in [-0.39, 0.29) is 11.7 Å². The van der Waals surface area contributed by atoms with Gasteiger partial charge in [-0.25, -0.2) is 0 Å². The number of halogens is 1. The minimum atomic E-state index is -0.443. The maximum Gasteiger partial charge on any atom is 0.271 e. The van der Waals surface area contributed by atoms with E-state index >= 15 is 0 Å². The van der Waals surface area contributed by atoms with Crippen LogP contribution in [-0.2, 0) is 0 Å². The van der Waals surface area contributed by atoms with E-state index in [4.69, 9.17) is 11.6 Å². The molecular weight excluding hydrogens is 204 g/mol. The molecule has 0 aliphatic carbocycles. The molecule has 0 fully saturated rings. The minimum Gasteiger partial charge on any atom is -0.381 e. The third-order valence-electron chi connectivity index (χ3n) is 1.60. The Morgan fingerprint density at radius 1 is 1.50 bits per heavy atom. The number of nitro benzene ring substituents is 1. The van der Waals surface area contributed by atoms with Crippen LogP contribution in [0, 0.1) is 10.1 Å². The van der Waals surface area contributed by atoms with Crippen LogP contribution in [0.15, 0.2) is 18.2 Å². The molecule has 76 valence electrons. The summed E-state index contributed by atoms with van der Waals surface area (Å²) in [7, 11) is 0. The molecule has 0 atom stereocenters. The summed E-state index contributed by atoms with van der Waals surface area (Å²) in [4.78, 5) is 10.0. The highest BCUT2D eigenvalue weighted by Gasteiger charge is 2.09. The molecule has 0 radical (unpaired) electrons. The fourth-order valence-corrected chi connectivity index (χ4v) is 1.22. The normalized spacial score (nSPS) is 10.3. The van der Waals surface area contributed by atoms with Gasteiger partial charge in [-0.05, 0) is 19.9 Å². The highest BCUT2D eigenvalue weighted by atomic mass is 35.5. The van der Waals surface area contributed by atoms with E-state index < -0.39 is 4.92 Å². The summed E-state index contributed by atoms with van der Waals surface area (Å²) in [6.45, 7) is 3.88. The highest BCUT2D eigenvalue weighted by molar-refractivity contribution is 6.33. The number of hydrogen-bond acceptors (Lipinski definition) is 3. The van der Waals surface area contributed by atoms with Gasteiger partial charge in [0.2, 0.25) is 0 Å². The molecule has 0 aliphatic heterocycles. The molecule has 4 nitrogen and oxygen atoms in total. The molecule has 1 N–H and O–H groups in total. The zero-order valence-corrected chi connectivity index (χ0v) is 8.71. The predicted octanol–water partition coefficient (Wildman–Crippen LogP) is 3.07. The lowest BCUT2D eigenvalue weighted by atomic mass is 10.2. The maximum absolute atomic E-state index is 10.5. The van der Waals surface area contributed by atoms with Gasteiger partial charge < -0.3 is 5.32 Å². The quantitative estimate of drug-likeness (QED) is 0.622. The first kappa shape index (κ1) is 10.8. The molecule has 14 heavy (non-hydrogen) atoms. The van der Waals surface area contributed by atoms with Crippen molar-refractivity contribution in [3.63, 3.8) is 0 Å². The Bertz CT molecular complexity index is 353. The number of nitro groups is 1. The van der Waals surface area contributed by atoms with Gasteiger partial charge in [0.25, 0.3) is 5.69 Å². The first-order valence-electron chi connectivity index (χ1n) is 4.21. The SMILES string of the molecule is CC(C)Nc1cc([N+](=O)[O-])ccc1Cl. The molecular formula is C9H11ClN2O2. The van der Waals surface area contributed by atoms with E-state index in [1.165, 1.54) is 18.2 Å². The van der Waals surface area contributed by atoms with E-state index in [1.807, 2.05) is 13.8 Å². The van der Waals surface area contributed by atoms with Crippen molar-refractivity contribution in [1.82, 2.24) is 0 Å². The summed E-state index contributed by atoms with van der Waals surface area (Å²) in [6.07, 6.45) is 0. The lowest BCUT2D eigenvalue weighted by Gasteiger charge is -2.10. The molecule has 0 unspecified atom stereocenters. The number of hydrogen-bond donors (Lipinski definition) is 1. The summed E-state index contributed by atoms with van der Waals surface area (Å²) in [6, 6.07) is 4.52. The van der Waals surface area contributed by atoms with E-state index in [2.05, 4.69) is 5.32 Å². The summed E-state index contributed by atoms with van der Waals surface area (Å²) in [5.74, 6) is 0. The standard InChI is InChI=1S/C9H11ClN2O2/c1-6(2)11-9-5-7(12(13)14)3-4-8(9)10/h3-6,11H,1-2H3. The molecule has 0 spiro atoms. The van der Waals surface area contributed by atoms with Crippen molar-refractivity contribution in [2.75, 3.05) is 5.32 Å². The zero-order valence-electron chi connectivity index (χ0n) is 7.95. The Balaban J connectivity index is 3.02. The first-order chi connectivity index (χ1) is 6.50. The van der Waals surface area contributed by atoms with Gasteiger partial charge in [-0.3, -0.25) is 10.1 Å². The molecule has 0 amide bonds. The van der Waals surface area contributed by atoms with Crippen molar-refractivity contribution < 1.29 is 4.92 Å². The summed E-state index contributed by atoms with van der Waals surface area (Å²) in [5, 5.41) is 14.0. The fourth-order valence-electron chi connectivity index (χ4n) is 1.05. The lowest BCUT2D eigenvalue weighted by molar-refractivity contribution is -0.384. The second-order valence-corrected chi connectivity index (χ2v) is 3.63. The Kier molecular flexibility index (Phi) is 3.30. The Morgan fingerprint density at radius 3 is 2.64 bits per heavy atom. The van der Waals surface area contributed by atoms with E-state index in [0.717, 1.165) is 0 Å². The molecule has 0 aromatic heterocycles. The third kappa shape index (κ3) is 2.60. The number of rotatable bonds is 3. The molecule has 0 aliphatic rings. The fraction of sp³-hybridized carbons (Fsp3) is 0.333. The van der Waals surface area contributed by atoms with E-state index in [1.54, 1.807) is 0 Å². The molecule has 5 heteroatoms. The third-order valence-corrected chi connectivity index (χ3v) is 1.93. The molecule has 1 aromatic rings. The first-order valence-corrected chi connectivity index (χ1v) is 4.59. The summed E-state index contributed by atoms with van der Waals surface area (Å²) >= 11 is 5.86. The smallest absolute Gasteiger partial charge is 0.271 e. The summed E-state index contributed by atoms with van der Waals surface area (Å²) in [5.41, 5.74) is 0.633. The van der Waals surface area contributed by atoms with Crippen LogP contribution in [0.4, 0.5) is 11.4 Å². The van der Waals surface area contributed by atoms with Crippen LogP contribution in [0.25, 0.3) is 0 Å². The second-order valence-electron chi connectivity index (χ2n) is 3.22. The Hall–Kier alpha value is -1.29. The molecule has 0 saturated carbocycles. The van der Waals surface area contributed by atoms with Crippen molar-refractivity contribution in [3.8, 4) is 0 Å². The average molecular weight is 215 g/mol. The van der Waals surface area contributed by atoms with Crippen LogP contribution >= 0.6 is 11.6 Å². The van der Waals surface area contributed by atoms with Crippen molar-refractivity contribution in [2.45, 2.75) is 19.9 Å². The Morgan fingerprint density at radius 2 is 2.14 bits per heavy atom. The topological polar surface area (TPSA) is 55.2 Å². The number of benzene rings is 1. The number of nitrogens with one attached hydrogen (secondary N) is 1. The molecule has 1 aromatic carbocycles. The van der Waals surface area contributed by atoms with E-state index in [0.29, 0.717) is 10.7 Å². The van der Waals surface area contributed by atoms with Gasteiger partial charge in [-0.1, -0.05) is 11.6 Å². The largest absolute Gasteiger partial charge is 0.381 e. The van der Waals surface area contributed by atoms with E-state index in [9.17, 15) is 10.1 Å². The second kappa shape index (κ2) is 4.28. The van der Waals surface area contributed by atoms with Gasteiger partial charge in [-0.2, -0.15) is 0 Å². The van der Waals surface area contributed by atoms with Crippen LogP contribution in [0.1, 0.15) is 13.8 Å². The molecule has 0 saturated heterocycles. The number of non-ortho nitro benzene ring substituents is 1. The van der Waals surface area contributed by atoms with Crippen molar-refractivity contribution >= 4 is 23.0 Å². The maximum atomic E-state index is 10.5. The van der Waals surface area contributed by atoms with Crippen LogP contribution < -0.4 is 5.32 Å². The van der Waals surface area contributed by atoms with Gasteiger partial charge in [0.15, 0.2) is 0 Å². The number of anilines is 1. The van der Waals surface area contributed by atoms with Crippen molar-refractivity contribution in [3.05, 3.63) is 33.3 Å². The van der Waals surface area contributed by atoms with Crippen LogP contribution in [0.3, 0.4) is 0 Å². The molecule has 0 bridgehead atoms. The van der Waals surface area contributed by atoms with Crippen molar-refractivity contribution in [1.29, 1.82) is 0 Å². The van der Waals surface area contributed by atoms with Crippen LogP contribution in [0.5, 0.6) is 0 Å². The van der Waals surface area contributed by atoms with Gasteiger partial charge in [0.1, 0.15) is 0 Å². The van der Waals surface area contributed by atoms with Gasteiger partial charge in [0, 0.05) is 18.2 Å². The summed E-state index contributed by atoms with van der Waals surface area (Å²) < 4.78 is 0. The monoisotopic (exact) mass is 214 g/mol. The zero-order chi connectivity index (χ0) is 10.7. The van der Waals surface area contributed by atoms with Gasteiger partial charge in [-0.15, -0.1) is 0 Å².